The number of carboxylic acid groups (broad SMARTS) is 1. The van der Waals surface area contributed by atoms with Crippen LogP contribution >= 0.6 is 0 Å². The van der Waals surface area contributed by atoms with Crippen LogP contribution in [0.25, 0.3) is 0 Å². The maximum Gasteiger partial charge on any atom is 0.303 e. The van der Waals surface area contributed by atoms with Crippen molar-refractivity contribution in [1.82, 2.24) is 4.90 Å². The molecule has 116 valence electrons. The van der Waals surface area contributed by atoms with E-state index in [4.69, 9.17) is 5.11 Å². The maximum absolute atomic E-state index is 13.1. The maximum atomic E-state index is 13.1. The molecule has 1 heterocycles. The lowest BCUT2D eigenvalue weighted by Crippen LogP contribution is -2.42. The number of hydrogen-bond donors (Lipinski definition) is 1. The van der Waals surface area contributed by atoms with Gasteiger partial charge in [-0.2, -0.15) is 0 Å². The van der Waals surface area contributed by atoms with E-state index in [1.54, 1.807) is 0 Å². The summed E-state index contributed by atoms with van der Waals surface area (Å²) in [5.74, 6) is -0.940. The molecule has 1 aromatic carbocycles. The Labute approximate surface area is 125 Å². The smallest absolute Gasteiger partial charge is 0.303 e. The van der Waals surface area contributed by atoms with Gasteiger partial charge < -0.3 is 5.11 Å². The Kier molecular flexibility index (Phi) is 5.74. The Morgan fingerprint density at radius 3 is 2.71 bits per heavy atom. The first-order chi connectivity index (χ1) is 10.1. The molecule has 0 aromatic heterocycles. The highest BCUT2D eigenvalue weighted by Gasteiger charge is 2.29. The number of aliphatic carboxylic acids is 1. The normalized spacial score (nSPS) is 21.1. The van der Waals surface area contributed by atoms with Crippen molar-refractivity contribution in [2.75, 3.05) is 6.54 Å². The van der Waals surface area contributed by atoms with Crippen molar-refractivity contribution in [2.24, 2.45) is 0 Å². The van der Waals surface area contributed by atoms with Gasteiger partial charge in [-0.1, -0.05) is 25.5 Å². The molecule has 0 radical (unpaired) electrons. The third kappa shape index (κ3) is 4.27. The van der Waals surface area contributed by atoms with Crippen LogP contribution in [0.2, 0.25) is 0 Å². The van der Waals surface area contributed by atoms with E-state index in [1.807, 2.05) is 12.1 Å². The van der Waals surface area contributed by atoms with Crippen LogP contribution in [0.15, 0.2) is 24.3 Å². The number of likely N-dealkylation sites (tertiary alicyclic amines) is 1. The molecular weight excluding hydrogens is 269 g/mol. The molecule has 3 nitrogen and oxygen atoms in total. The van der Waals surface area contributed by atoms with Crippen molar-refractivity contribution in [3.63, 3.8) is 0 Å². The van der Waals surface area contributed by atoms with Gasteiger partial charge in [-0.3, -0.25) is 9.69 Å². The molecule has 1 aromatic rings. The van der Waals surface area contributed by atoms with Crippen molar-refractivity contribution in [1.29, 1.82) is 0 Å². The van der Waals surface area contributed by atoms with Crippen molar-refractivity contribution in [3.05, 3.63) is 35.6 Å². The molecule has 0 spiro atoms. The molecule has 1 fully saturated rings. The fourth-order valence-corrected chi connectivity index (χ4v) is 3.38. The number of rotatable bonds is 6. The summed E-state index contributed by atoms with van der Waals surface area (Å²) < 4.78 is 13.1. The number of nitrogens with zero attached hydrogens (tertiary/aromatic N) is 1. The van der Waals surface area contributed by atoms with Gasteiger partial charge in [0.25, 0.3) is 0 Å². The summed E-state index contributed by atoms with van der Waals surface area (Å²) in [5.41, 5.74) is 1.13. The van der Waals surface area contributed by atoms with Gasteiger partial charge >= 0.3 is 5.97 Å². The number of carbonyl (C=O) groups is 1. The second-order valence-electron chi connectivity index (χ2n) is 5.80. The summed E-state index contributed by atoms with van der Waals surface area (Å²) in [6.07, 6.45) is 5.26. The molecule has 4 heteroatoms. The third-order valence-electron chi connectivity index (χ3n) is 4.41. The third-order valence-corrected chi connectivity index (χ3v) is 4.41. The minimum atomic E-state index is -0.727. The fraction of sp³-hybridized carbons (Fsp3) is 0.588. The zero-order chi connectivity index (χ0) is 15.2. The molecule has 0 bridgehead atoms. The molecular formula is C17H24FNO2. The van der Waals surface area contributed by atoms with E-state index in [2.05, 4.69) is 11.8 Å². The minimum Gasteiger partial charge on any atom is -0.481 e. The quantitative estimate of drug-likeness (QED) is 0.862. The van der Waals surface area contributed by atoms with Crippen molar-refractivity contribution >= 4 is 5.97 Å². The molecule has 1 saturated heterocycles. The highest BCUT2D eigenvalue weighted by Crippen LogP contribution is 2.32. The lowest BCUT2D eigenvalue weighted by atomic mass is 9.92. The molecule has 2 unspecified atom stereocenters. The van der Waals surface area contributed by atoms with Crippen LogP contribution in [0.1, 0.15) is 57.1 Å². The van der Waals surface area contributed by atoms with Crippen LogP contribution in [0.5, 0.6) is 0 Å². The largest absolute Gasteiger partial charge is 0.481 e. The van der Waals surface area contributed by atoms with Gasteiger partial charge in [-0.05, 0) is 49.9 Å². The molecule has 21 heavy (non-hydrogen) atoms. The lowest BCUT2D eigenvalue weighted by molar-refractivity contribution is -0.137. The first-order valence-electron chi connectivity index (χ1n) is 7.84. The van der Waals surface area contributed by atoms with Crippen molar-refractivity contribution in [3.8, 4) is 0 Å². The first kappa shape index (κ1) is 16.0. The second-order valence-corrected chi connectivity index (χ2v) is 5.80. The van der Waals surface area contributed by atoms with Gasteiger partial charge in [0, 0.05) is 18.5 Å². The van der Waals surface area contributed by atoms with Crippen LogP contribution in [-0.2, 0) is 4.79 Å². The van der Waals surface area contributed by atoms with Crippen LogP contribution in [0.3, 0.4) is 0 Å². The van der Waals surface area contributed by atoms with Gasteiger partial charge in [0.05, 0.1) is 0 Å². The van der Waals surface area contributed by atoms with Crippen molar-refractivity contribution in [2.45, 2.75) is 57.5 Å². The monoisotopic (exact) mass is 293 g/mol. The van der Waals surface area contributed by atoms with Gasteiger partial charge in [-0.25, -0.2) is 4.39 Å². The minimum absolute atomic E-state index is 0.213. The molecule has 1 aliphatic heterocycles. The molecule has 1 N–H and O–H groups in total. The average molecular weight is 293 g/mol. The summed E-state index contributed by atoms with van der Waals surface area (Å²) in [4.78, 5) is 13.3. The molecule has 2 rings (SSSR count). The van der Waals surface area contributed by atoms with Gasteiger partial charge in [0.2, 0.25) is 0 Å². The highest BCUT2D eigenvalue weighted by molar-refractivity contribution is 5.66. The Morgan fingerprint density at radius 1 is 1.38 bits per heavy atom. The van der Waals surface area contributed by atoms with Gasteiger partial charge in [-0.15, -0.1) is 0 Å². The summed E-state index contributed by atoms with van der Waals surface area (Å²) >= 11 is 0. The molecule has 0 amide bonds. The lowest BCUT2D eigenvalue weighted by Gasteiger charge is -2.41. The predicted molar refractivity (Wildman–Crippen MR) is 80.6 cm³/mol. The van der Waals surface area contributed by atoms with E-state index in [-0.39, 0.29) is 18.3 Å². The van der Waals surface area contributed by atoms with Gasteiger partial charge in [0.1, 0.15) is 5.82 Å². The Bertz CT molecular complexity index is 460. The SMILES string of the molecule is CCC(c1ccc(F)cc1)N1CCCCC1CCC(=O)O. The number of piperidine rings is 1. The average Bonchev–Trinajstić information content (AvgIpc) is 2.49. The van der Waals surface area contributed by atoms with E-state index in [0.29, 0.717) is 12.5 Å². The number of benzene rings is 1. The second kappa shape index (κ2) is 7.55. The van der Waals surface area contributed by atoms with E-state index < -0.39 is 5.97 Å². The van der Waals surface area contributed by atoms with Crippen LogP contribution in [-0.4, -0.2) is 28.6 Å². The summed E-state index contributed by atoms with van der Waals surface area (Å²) in [6, 6.07) is 7.30. The molecule has 0 aliphatic carbocycles. The van der Waals surface area contributed by atoms with E-state index in [1.165, 1.54) is 18.6 Å². The highest BCUT2D eigenvalue weighted by atomic mass is 19.1. The van der Waals surface area contributed by atoms with Crippen LogP contribution in [0.4, 0.5) is 4.39 Å². The summed E-state index contributed by atoms with van der Waals surface area (Å²) in [5, 5.41) is 8.91. The molecule has 1 aliphatic rings. The Morgan fingerprint density at radius 2 is 2.10 bits per heavy atom. The van der Waals surface area contributed by atoms with E-state index >= 15 is 0 Å². The molecule has 0 saturated carbocycles. The fourth-order valence-electron chi connectivity index (χ4n) is 3.38. The van der Waals surface area contributed by atoms with E-state index in [9.17, 15) is 9.18 Å². The Balaban J connectivity index is 2.12. The molecule has 2 atom stereocenters. The standard InChI is InChI=1S/C17H24FNO2/c1-2-16(13-6-8-14(18)9-7-13)19-12-4-3-5-15(19)10-11-17(20)21/h6-9,15-16H,2-5,10-12H2,1H3,(H,20,21). The van der Waals surface area contributed by atoms with Gasteiger partial charge in [0.15, 0.2) is 0 Å². The summed E-state index contributed by atoms with van der Waals surface area (Å²) in [7, 11) is 0. The zero-order valence-electron chi connectivity index (χ0n) is 12.6. The van der Waals surface area contributed by atoms with Crippen LogP contribution < -0.4 is 0 Å². The number of carboxylic acids is 1. The van der Waals surface area contributed by atoms with Crippen molar-refractivity contribution < 1.29 is 14.3 Å². The number of halogens is 1. The first-order valence-corrected chi connectivity index (χ1v) is 7.84. The predicted octanol–water partition coefficient (Wildman–Crippen LogP) is 4.00. The number of hydrogen-bond acceptors (Lipinski definition) is 2. The Hall–Kier alpha value is -1.42. The summed E-state index contributed by atoms with van der Waals surface area (Å²) in [6.45, 7) is 3.14. The topological polar surface area (TPSA) is 40.5 Å². The van der Waals surface area contributed by atoms with Crippen LogP contribution in [0, 0.1) is 5.82 Å². The zero-order valence-corrected chi connectivity index (χ0v) is 12.6. The van der Waals surface area contributed by atoms with E-state index in [0.717, 1.165) is 31.4 Å².